The van der Waals surface area contributed by atoms with Gasteiger partial charge in [0.25, 0.3) is 0 Å². The standard InChI is InChI=1S/C67H39N7O/c1-3-17-40(18-4-1)57-38-59(72-65(70-57)55-36-42-21-7-9-23-47(42)49-25-11-13-27-51(49)55)44-33-45(35-46(34-44)67-74-63-53-29-15-31-68-61(53)62-54(64(63)75-67)30-16-32-69-62)60-39-58(41-19-5-2-6-20-41)71-66(73-60)56-37-43-22-8-10-24-48(43)50-26-12-14-28-52(50)56/h1-39H. The van der Waals surface area contributed by atoms with Crippen molar-refractivity contribution in [3.8, 4) is 79.3 Å². The third-order valence-corrected chi connectivity index (χ3v) is 14.3. The lowest BCUT2D eigenvalue weighted by atomic mass is 9.95. The Morgan fingerprint density at radius 1 is 0.267 bits per heavy atom. The highest BCUT2D eigenvalue weighted by atomic mass is 16.3. The summed E-state index contributed by atoms with van der Waals surface area (Å²) in [5, 5.41) is 10.7. The van der Waals surface area contributed by atoms with Crippen molar-refractivity contribution in [1.82, 2.24) is 34.9 Å². The van der Waals surface area contributed by atoms with Gasteiger partial charge in [0.05, 0.1) is 28.3 Å². The molecular weight excluding hydrogens is 919 g/mol. The van der Waals surface area contributed by atoms with Gasteiger partial charge in [-0.3, -0.25) is 9.97 Å². The zero-order chi connectivity index (χ0) is 49.4. The molecule has 0 atom stereocenters. The number of nitrogens with zero attached hydrogens (tertiary/aromatic N) is 7. The Morgan fingerprint density at radius 3 is 1.19 bits per heavy atom. The average molecular weight is 958 g/mol. The van der Waals surface area contributed by atoms with E-state index in [0.717, 1.165) is 116 Å². The summed E-state index contributed by atoms with van der Waals surface area (Å²) in [6.07, 6.45) is 3.58. The molecule has 75 heavy (non-hydrogen) atoms. The van der Waals surface area contributed by atoms with Crippen LogP contribution in [0.1, 0.15) is 0 Å². The van der Waals surface area contributed by atoms with Gasteiger partial charge in [-0.2, -0.15) is 0 Å². The Hall–Kier alpha value is -10.3. The van der Waals surface area contributed by atoms with E-state index in [2.05, 4.69) is 164 Å². The summed E-state index contributed by atoms with van der Waals surface area (Å²) in [4.78, 5) is 36.7. The Labute approximate surface area is 429 Å². The van der Waals surface area contributed by atoms with Crippen molar-refractivity contribution in [2.75, 3.05) is 0 Å². The molecule has 0 aliphatic carbocycles. The smallest absolute Gasteiger partial charge is 0.227 e. The SMILES string of the molecule is c1ccc(-c2cc(-c3cc(-c4cc(-c5ccccc5)nc(-c5cc6ccccc6c6ccccc56)n4)cc(-c4nc5c6cccnc6c6ncccc6c5o4)c3)nc(-c3cc4ccccc4c4ccccc34)n2)cc1. The van der Waals surface area contributed by atoms with Gasteiger partial charge < -0.3 is 4.42 Å². The molecule has 8 nitrogen and oxygen atoms in total. The molecule has 8 heteroatoms. The quantitative estimate of drug-likeness (QED) is 0.146. The fourth-order valence-electron chi connectivity index (χ4n) is 10.8. The average Bonchev–Trinajstić information content (AvgIpc) is 3.98. The van der Waals surface area contributed by atoms with Crippen LogP contribution in [0.15, 0.2) is 241 Å². The van der Waals surface area contributed by atoms with Crippen molar-refractivity contribution in [2.24, 2.45) is 0 Å². The first kappa shape index (κ1) is 42.4. The number of hydrogen-bond acceptors (Lipinski definition) is 8. The molecule has 348 valence electrons. The minimum atomic E-state index is 0.436. The van der Waals surface area contributed by atoms with Crippen LogP contribution >= 0.6 is 0 Å². The number of fused-ring (bicyclic) bond motifs is 12. The normalized spacial score (nSPS) is 11.7. The second-order valence-electron chi connectivity index (χ2n) is 18.8. The molecule has 5 heterocycles. The summed E-state index contributed by atoms with van der Waals surface area (Å²) < 4.78 is 6.96. The van der Waals surface area contributed by atoms with Crippen LogP contribution in [0.25, 0.3) is 155 Å². The molecule has 0 saturated heterocycles. The maximum absolute atomic E-state index is 6.96. The van der Waals surface area contributed by atoms with Crippen LogP contribution in [-0.4, -0.2) is 34.9 Å². The molecule has 0 saturated carbocycles. The fraction of sp³-hybridized carbons (Fsp3) is 0. The second kappa shape index (κ2) is 17.2. The largest absolute Gasteiger partial charge is 0.435 e. The molecule has 0 amide bonds. The highest BCUT2D eigenvalue weighted by molar-refractivity contribution is 6.20. The lowest BCUT2D eigenvalue weighted by Crippen LogP contribution is -1.99. The minimum absolute atomic E-state index is 0.436. The van der Waals surface area contributed by atoms with E-state index in [9.17, 15) is 0 Å². The predicted molar refractivity (Wildman–Crippen MR) is 304 cm³/mol. The molecule has 10 aromatic carbocycles. The molecule has 15 rings (SSSR count). The maximum atomic E-state index is 6.96. The molecule has 0 fully saturated rings. The van der Waals surface area contributed by atoms with Gasteiger partial charge >= 0.3 is 0 Å². The summed E-state index contributed by atoms with van der Waals surface area (Å²) in [7, 11) is 0. The third kappa shape index (κ3) is 7.18. The van der Waals surface area contributed by atoms with E-state index in [1.165, 1.54) is 10.8 Å². The molecule has 15 aromatic rings. The summed E-state index contributed by atoms with van der Waals surface area (Å²) >= 11 is 0. The Kier molecular flexibility index (Phi) is 9.71. The molecular formula is C67H39N7O. The number of rotatable bonds is 7. The van der Waals surface area contributed by atoms with Crippen LogP contribution in [0.4, 0.5) is 0 Å². The number of hydrogen-bond donors (Lipinski definition) is 0. The summed E-state index contributed by atoms with van der Waals surface area (Å²) in [5.41, 5.74) is 12.1. The van der Waals surface area contributed by atoms with Gasteiger partial charge in [-0.15, -0.1) is 0 Å². The Morgan fingerprint density at radius 2 is 0.667 bits per heavy atom. The number of benzene rings is 10. The molecule has 0 N–H and O–H groups in total. The van der Waals surface area contributed by atoms with Crippen LogP contribution in [0.3, 0.4) is 0 Å². The highest BCUT2D eigenvalue weighted by Gasteiger charge is 2.22. The van der Waals surface area contributed by atoms with E-state index >= 15 is 0 Å². The molecule has 0 aliphatic rings. The van der Waals surface area contributed by atoms with Gasteiger partial charge in [0.15, 0.2) is 17.2 Å². The van der Waals surface area contributed by atoms with Crippen molar-refractivity contribution >= 4 is 76.0 Å². The van der Waals surface area contributed by atoms with Crippen LogP contribution in [0.5, 0.6) is 0 Å². The van der Waals surface area contributed by atoms with Crippen molar-refractivity contribution in [1.29, 1.82) is 0 Å². The van der Waals surface area contributed by atoms with Crippen molar-refractivity contribution in [3.05, 3.63) is 237 Å². The first-order chi connectivity index (χ1) is 37.1. The van der Waals surface area contributed by atoms with Crippen LogP contribution in [0, 0.1) is 0 Å². The number of aromatic nitrogens is 7. The third-order valence-electron chi connectivity index (χ3n) is 14.3. The zero-order valence-electron chi connectivity index (χ0n) is 40.1. The van der Waals surface area contributed by atoms with Gasteiger partial charge in [-0.25, -0.2) is 24.9 Å². The lowest BCUT2D eigenvalue weighted by Gasteiger charge is -2.15. The molecule has 0 radical (unpaired) electrons. The second-order valence-corrected chi connectivity index (χ2v) is 18.8. The van der Waals surface area contributed by atoms with E-state index in [-0.39, 0.29) is 0 Å². The topological polar surface area (TPSA) is 103 Å². The number of oxazole rings is 1. The first-order valence-electron chi connectivity index (χ1n) is 24.9. The minimum Gasteiger partial charge on any atom is -0.435 e. The summed E-state index contributed by atoms with van der Waals surface area (Å²) in [6, 6.07) is 77.5. The molecule has 0 bridgehead atoms. The molecule has 0 unspecified atom stereocenters. The van der Waals surface area contributed by atoms with Crippen molar-refractivity contribution in [2.45, 2.75) is 0 Å². The van der Waals surface area contributed by atoms with Crippen molar-refractivity contribution < 1.29 is 4.42 Å². The first-order valence-corrected chi connectivity index (χ1v) is 24.9. The van der Waals surface area contributed by atoms with E-state index in [0.29, 0.717) is 28.6 Å². The highest BCUT2D eigenvalue weighted by Crippen LogP contribution is 2.42. The van der Waals surface area contributed by atoms with E-state index in [4.69, 9.17) is 39.3 Å². The van der Waals surface area contributed by atoms with Gasteiger partial charge in [0.1, 0.15) is 11.0 Å². The van der Waals surface area contributed by atoms with Gasteiger partial charge in [-0.05, 0) is 110 Å². The maximum Gasteiger partial charge on any atom is 0.227 e. The van der Waals surface area contributed by atoms with E-state index in [1.54, 1.807) is 12.4 Å². The summed E-state index contributed by atoms with van der Waals surface area (Å²) in [6.45, 7) is 0. The molecule has 5 aromatic heterocycles. The molecule has 0 aliphatic heterocycles. The van der Waals surface area contributed by atoms with Crippen LogP contribution in [0.2, 0.25) is 0 Å². The van der Waals surface area contributed by atoms with Gasteiger partial charge in [0, 0.05) is 62.1 Å². The van der Waals surface area contributed by atoms with E-state index in [1.807, 2.05) is 60.7 Å². The van der Waals surface area contributed by atoms with Crippen LogP contribution < -0.4 is 0 Å². The molecule has 0 spiro atoms. The Balaban J connectivity index is 1.02. The Bertz CT molecular complexity index is 4490. The van der Waals surface area contributed by atoms with Crippen LogP contribution in [-0.2, 0) is 0 Å². The lowest BCUT2D eigenvalue weighted by molar-refractivity contribution is 0.623. The monoisotopic (exact) mass is 957 g/mol. The number of pyridine rings is 2. The van der Waals surface area contributed by atoms with Gasteiger partial charge in [-0.1, -0.05) is 158 Å². The van der Waals surface area contributed by atoms with E-state index < -0.39 is 0 Å². The zero-order valence-corrected chi connectivity index (χ0v) is 40.1. The summed E-state index contributed by atoms with van der Waals surface area (Å²) in [5.74, 6) is 1.66. The van der Waals surface area contributed by atoms with Crippen molar-refractivity contribution in [3.63, 3.8) is 0 Å². The van der Waals surface area contributed by atoms with Gasteiger partial charge in [0.2, 0.25) is 5.89 Å². The fourth-order valence-corrected chi connectivity index (χ4v) is 10.8. The predicted octanol–water partition coefficient (Wildman–Crippen LogP) is 16.8.